The molecule has 2 aromatic carbocycles. The van der Waals surface area contributed by atoms with Crippen LogP contribution in [-0.2, 0) is 24.1 Å². The number of methoxy groups -OCH3 is 4. The van der Waals surface area contributed by atoms with Crippen LogP contribution in [0.3, 0.4) is 0 Å². The standard InChI is InChI=1S/C27H38N2O6.Na/c1-29(17-21-11-20-14-25(34-4)26(35-5)16-22(20)21)10-6-8-28-9-7-18-12-23(32-2)24(33-3)13-19(18)15-27(30)31;/h12-14,16,21,28H,6-11,15,17H2,1-5H3,(H,30,31);/q;+1/p-1/t21-;/m1./s1. The molecule has 9 heteroatoms. The molecule has 192 valence electrons. The van der Waals surface area contributed by atoms with E-state index >= 15 is 0 Å². The number of aliphatic carboxylic acids is 1. The van der Waals surface area contributed by atoms with Crippen molar-refractivity contribution in [2.24, 2.45) is 0 Å². The number of hydrogen-bond acceptors (Lipinski definition) is 8. The number of hydrogen-bond donors (Lipinski definition) is 1. The summed E-state index contributed by atoms with van der Waals surface area (Å²) < 4.78 is 21.5. The molecule has 0 aliphatic heterocycles. The van der Waals surface area contributed by atoms with Crippen LogP contribution >= 0.6 is 0 Å². The van der Waals surface area contributed by atoms with Gasteiger partial charge in [0.25, 0.3) is 0 Å². The Balaban J connectivity index is 0.00000456. The molecule has 1 aliphatic rings. The second-order valence-electron chi connectivity index (χ2n) is 8.95. The largest absolute Gasteiger partial charge is 1.00 e. The van der Waals surface area contributed by atoms with E-state index in [2.05, 4.69) is 29.4 Å². The van der Waals surface area contributed by atoms with E-state index in [4.69, 9.17) is 18.9 Å². The van der Waals surface area contributed by atoms with E-state index in [9.17, 15) is 9.90 Å². The summed E-state index contributed by atoms with van der Waals surface area (Å²) in [5.74, 6) is 2.12. The van der Waals surface area contributed by atoms with E-state index in [1.165, 1.54) is 18.2 Å². The van der Waals surface area contributed by atoms with Crippen LogP contribution in [0.25, 0.3) is 0 Å². The monoisotopic (exact) mass is 508 g/mol. The number of fused-ring (bicyclic) bond motifs is 1. The van der Waals surface area contributed by atoms with Gasteiger partial charge < -0.3 is 39.1 Å². The maximum atomic E-state index is 11.2. The smallest absolute Gasteiger partial charge is 0.550 e. The molecule has 0 radical (unpaired) electrons. The molecule has 0 amide bonds. The molecule has 0 fully saturated rings. The number of nitrogens with zero attached hydrogens (tertiary/aromatic N) is 1. The first-order valence-corrected chi connectivity index (χ1v) is 12.0. The van der Waals surface area contributed by atoms with Crippen molar-refractivity contribution >= 4 is 5.97 Å². The first-order valence-electron chi connectivity index (χ1n) is 12.0. The Bertz CT molecular complexity index is 1020. The maximum Gasteiger partial charge on any atom is 1.00 e. The molecule has 1 N–H and O–H groups in total. The van der Waals surface area contributed by atoms with Crippen LogP contribution in [0.2, 0.25) is 0 Å². The summed E-state index contributed by atoms with van der Waals surface area (Å²) in [7, 11) is 8.62. The fourth-order valence-electron chi connectivity index (χ4n) is 4.71. The molecule has 0 aromatic heterocycles. The van der Waals surface area contributed by atoms with Crippen molar-refractivity contribution in [3.8, 4) is 23.0 Å². The predicted molar refractivity (Wildman–Crippen MR) is 133 cm³/mol. The number of rotatable bonds is 15. The molecule has 1 atom stereocenters. The van der Waals surface area contributed by atoms with Crippen LogP contribution < -0.4 is 58.9 Å². The zero-order valence-corrected chi connectivity index (χ0v) is 24.4. The van der Waals surface area contributed by atoms with Crippen molar-refractivity contribution in [3.63, 3.8) is 0 Å². The molecule has 3 rings (SSSR count). The maximum absolute atomic E-state index is 11.2. The Kier molecular flexibility index (Phi) is 12.3. The Morgan fingerprint density at radius 3 is 2.14 bits per heavy atom. The molecule has 0 spiro atoms. The average Bonchev–Trinajstić information content (AvgIpc) is 2.84. The summed E-state index contributed by atoms with van der Waals surface area (Å²) in [6.07, 6.45) is 2.64. The fourth-order valence-corrected chi connectivity index (χ4v) is 4.71. The third kappa shape index (κ3) is 7.76. The number of benzene rings is 2. The topological polar surface area (TPSA) is 92.3 Å². The van der Waals surface area contributed by atoms with E-state index in [0.29, 0.717) is 29.4 Å². The predicted octanol–water partition coefficient (Wildman–Crippen LogP) is -1.19. The number of carbonyl (C=O) groups excluding carboxylic acids is 1. The van der Waals surface area contributed by atoms with Gasteiger partial charge in [0, 0.05) is 24.9 Å². The van der Waals surface area contributed by atoms with Gasteiger partial charge in [-0.15, -0.1) is 0 Å². The first kappa shape index (κ1) is 30.3. The van der Waals surface area contributed by atoms with Crippen LogP contribution in [0.1, 0.15) is 34.6 Å². The van der Waals surface area contributed by atoms with Gasteiger partial charge >= 0.3 is 29.6 Å². The van der Waals surface area contributed by atoms with Crippen LogP contribution in [0, 0.1) is 0 Å². The van der Waals surface area contributed by atoms with Crippen molar-refractivity contribution < 1.29 is 58.4 Å². The molecular weight excluding hydrogens is 471 g/mol. The van der Waals surface area contributed by atoms with Gasteiger partial charge in [0.2, 0.25) is 0 Å². The van der Waals surface area contributed by atoms with Crippen LogP contribution in [0.15, 0.2) is 24.3 Å². The molecule has 1 aliphatic carbocycles. The zero-order chi connectivity index (χ0) is 25.4. The van der Waals surface area contributed by atoms with Gasteiger partial charge in [-0.05, 0) is 92.5 Å². The van der Waals surface area contributed by atoms with Gasteiger partial charge in [0.05, 0.1) is 28.4 Å². The van der Waals surface area contributed by atoms with Crippen molar-refractivity contribution in [1.29, 1.82) is 0 Å². The van der Waals surface area contributed by atoms with Crippen LogP contribution in [-0.4, -0.2) is 72.5 Å². The number of carboxylic acids is 1. The number of ether oxygens (including phenoxy) is 4. The Hall–Kier alpha value is -1.97. The molecule has 0 saturated carbocycles. The Morgan fingerprint density at radius 2 is 1.53 bits per heavy atom. The van der Waals surface area contributed by atoms with Gasteiger partial charge in [-0.3, -0.25) is 0 Å². The summed E-state index contributed by atoms with van der Waals surface area (Å²) in [6, 6.07) is 7.78. The Labute approximate surface area is 236 Å². The zero-order valence-electron chi connectivity index (χ0n) is 22.4. The minimum absolute atomic E-state index is 0. The molecule has 8 nitrogen and oxygen atoms in total. The normalized spacial score (nSPS) is 13.9. The van der Waals surface area contributed by atoms with Gasteiger partial charge in [-0.2, -0.15) is 0 Å². The van der Waals surface area contributed by atoms with Crippen molar-refractivity contribution in [3.05, 3.63) is 46.5 Å². The van der Waals surface area contributed by atoms with Crippen LogP contribution in [0.4, 0.5) is 0 Å². The van der Waals surface area contributed by atoms with Gasteiger partial charge in [0.1, 0.15) is 0 Å². The number of nitrogens with one attached hydrogen (secondary N) is 1. The minimum atomic E-state index is -1.11. The van der Waals surface area contributed by atoms with E-state index < -0.39 is 5.97 Å². The van der Waals surface area contributed by atoms with Gasteiger partial charge in [-0.25, -0.2) is 0 Å². The summed E-state index contributed by atoms with van der Waals surface area (Å²) >= 11 is 0. The van der Waals surface area contributed by atoms with Crippen molar-refractivity contribution in [2.45, 2.75) is 31.6 Å². The molecule has 0 unspecified atom stereocenters. The molecule has 2 aromatic rings. The fraction of sp³-hybridized carbons (Fsp3) is 0.519. The average molecular weight is 509 g/mol. The van der Waals surface area contributed by atoms with Crippen LogP contribution in [0.5, 0.6) is 23.0 Å². The number of carboxylic acid groups (broad SMARTS) is 1. The summed E-state index contributed by atoms with van der Waals surface area (Å²) in [5, 5.41) is 14.6. The second-order valence-corrected chi connectivity index (χ2v) is 8.95. The third-order valence-electron chi connectivity index (χ3n) is 6.59. The summed E-state index contributed by atoms with van der Waals surface area (Å²) in [5.41, 5.74) is 4.32. The molecule has 0 heterocycles. The first-order chi connectivity index (χ1) is 16.9. The molecular formula is C27H37N2NaO6. The van der Waals surface area contributed by atoms with Crippen molar-refractivity contribution in [1.82, 2.24) is 10.2 Å². The van der Waals surface area contributed by atoms with E-state index in [-0.39, 0.29) is 36.0 Å². The third-order valence-corrected chi connectivity index (χ3v) is 6.59. The minimum Gasteiger partial charge on any atom is -0.550 e. The second kappa shape index (κ2) is 14.7. The van der Waals surface area contributed by atoms with E-state index in [0.717, 1.165) is 56.1 Å². The van der Waals surface area contributed by atoms with Crippen molar-refractivity contribution in [2.75, 3.05) is 61.7 Å². The molecule has 0 saturated heterocycles. The van der Waals surface area contributed by atoms with Gasteiger partial charge in [0.15, 0.2) is 23.0 Å². The quantitative estimate of drug-likeness (QED) is 0.237. The van der Waals surface area contributed by atoms with E-state index in [1.54, 1.807) is 27.4 Å². The van der Waals surface area contributed by atoms with E-state index in [1.807, 2.05) is 6.07 Å². The summed E-state index contributed by atoms with van der Waals surface area (Å²) in [4.78, 5) is 13.5. The van der Waals surface area contributed by atoms with Gasteiger partial charge in [-0.1, -0.05) is 0 Å². The number of likely N-dealkylation sites (N-methyl/N-ethyl adjacent to an activating group) is 1. The summed E-state index contributed by atoms with van der Waals surface area (Å²) in [6.45, 7) is 3.65. The molecule has 0 bridgehead atoms. The molecule has 36 heavy (non-hydrogen) atoms. The Morgan fingerprint density at radius 1 is 0.944 bits per heavy atom. The SMILES string of the molecule is COc1cc(CCNCCCN(C)C[C@H]2Cc3cc(OC)c(OC)cc32)c(CC(=O)[O-])cc1OC.[Na+]. The number of carbonyl (C=O) groups is 1.